The number of amides is 1. The van der Waals surface area contributed by atoms with E-state index in [-0.39, 0.29) is 29.4 Å². The second-order valence-corrected chi connectivity index (χ2v) is 7.98. The molecular formula is C23H27N3O6. The molecule has 9 nitrogen and oxygen atoms in total. The van der Waals surface area contributed by atoms with E-state index in [0.717, 1.165) is 37.1 Å². The molecule has 1 amide bonds. The summed E-state index contributed by atoms with van der Waals surface area (Å²) in [7, 11) is 1.76. The summed E-state index contributed by atoms with van der Waals surface area (Å²) in [5.41, 5.74) is 2.78. The Morgan fingerprint density at radius 1 is 1.19 bits per heavy atom. The quantitative estimate of drug-likeness (QED) is 0.574. The fraction of sp³-hybridized carbons (Fsp3) is 0.348. The van der Waals surface area contributed by atoms with Crippen molar-refractivity contribution in [2.24, 2.45) is 0 Å². The van der Waals surface area contributed by atoms with Gasteiger partial charge in [0, 0.05) is 13.6 Å². The van der Waals surface area contributed by atoms with Gasteiger partial charge in [0.05, 0.1) is 23.5 Å². The molecule has 3 aromatic rings. The maximum Gasteiger partial charge on any atom is 0.417 e. The molecule has 1 unspecified atom stereocenters. The largest absolute Gasteiger partial charge is 0.478 e. The fourth-order valence-corrected chi connectivity index (χ4v) is 4.12. The van der Waals surface area contributed by atoms with Gasteiger partial charge in [0.1, 0.15) is 0 Å². The fourth-order valence-electron chi connectivity index (χ4n) is 4.12. The number of carbonyl (C=O) groups excluding carboxylic acids is 1. The van der Waals surface area contributed by atoms with E-state index in [2.05, 4.69) is 9.88 Å². The first kappa shape index (κ1) is 23.2. The van der Waals surface area contributed by atoms with E-state index in [4.69, 9.17) is 4.42 Å². The van der Waals surface area contributed by atoms with E-state index in [1.54, 1.807) is 48.3 Å². The summed E-state index contributed by atoms with van der Waals surface area (Å²) in [6.45, 7) is 2.60. The number of carbonyl (C=O) groups is 2. The zero-order valence-corrected chi connectivity index (χ0v) is 17.8. The molecule has 2 aromatic carbocycles. The van der Waals surface area contributed by atoms with Crippen LogP contribution < -0.4 is 5.76 Å². The normalized spacial score (nSPS) is 14.8. The molecule has 0 aliphatic carbocycles. The molecule has 170 valence electrons. The highest BCUT2D eigenvalue weighted by atomic mass is 16.4. The van der Waals surface area contributed by atoms with E-state index in [9.17, 15) is 19.5 Å². The Balaban J connectivity index is 0.00000289. The number of aromatic nitrogens is 1. The summed E-state index contributed by atoms with van der Waals surface area (Å²) < 4.78 is 5.02. The smallest absolute Gasteiger partial charge is 0.417 e. The number of rotatable bonds is 7. The topological polar surface area (TPSA) is 138 Å². The van der Waals surface area contributed by atoms with Gasteiger partial charge in [-0.05, 0) is 61.3 Å². The van der Waals surface area contributed by atoms with Gasteiger partial charge >= 0.3 is 11.7 Å². The first-order chi connectivity index (χ1) is 14.9. The predicted molar refractivity (Wildman–Crippen MR) is 119 cm³/mol. The van der Waals surface area contributed by atoms with Crippen molar-refractivity contribution in [3.63, 3.8) is 0 Å². The minimum atomic E-state index is -0.988. The number of carboxylic acids is 1. The van der Waals surface area contributed by atoms with E-state index in [0.29, 0.717) is 17.6 Å². The Morgan fingerprint density at radius 2 is 1.94 bits per heavy atom. The molecule has 1 fully saturated rings. The number of H-pyrrole nitrogens is 1. The lowest BCUT2D eigenvalue weighted by atomic mass is 10.0. The van der Waals surface area contributed by atoms with Gasteiger partial charge in [-0.25, -0.2) is 9.59 Å². The Hall–Kier alpha value is -3.43. The minimum absolute atomic E-state index is 0. The van der Waals surface area contributed by atoms with Crippen LogP contribution >= 0.6 is 0 Å². The molecular weight excluding hydrogens is 414 g/mol. The molecule has 1 saturated heterocycles. The van der Waals surface area contributed by atoms with Crippen molar-refractivity contribution in [3.8, 4) is 0 Å². The molecule has 4 rings (SSSR count). The highest BCUT2D eigenvalue weighted by Crippen LogP contribution is 2.25. The minimum Gasteiger partial charge on any atom is -0.478 e. The van der Waals surface area contributed by atoms with Crippen molar-refractivity contribution in [1.82, 2.24) is 14.8 Å². The molecule has 1 aromatic heterocycles. The average Bonchev–Trinajstić information content (AvgIpc) is 3.39. The lowest BCUT2D eigenvalue weighted by molar-refractivity contribution is -0.131. The second kappa shape index (κ2) is 9.80. The molecule has 2 heterocycles. The van der Waals surface area contributed by atoms with Crippen molar-refractivity contribution in [3.05, 3.63) is 69.7 Å². The summed E-state index contributed by atoms with van der Waals surface area (Å²) in [6.07, 6.45) is 2.42. The van der Waals surface area contributed by atoms with Crippen LogP contribution in [0.5, 0.6) is 0 Å². The van der Waals surface area contributed by atoms with E-state index in [1.807, 2.05) is 6.07 Å². The summed E-state index contributed by atoms with van der Waals surface area (Å²) in [5.74, 6) is -1.60. The number of hydrogen-bond acceptors (Lipinski definition) is 5. The number of fused-ring (bicyclic) bond motifs is 1. The number of likely N-dealkylation sites (N-methyl/N-ethyl adjacent to an activating group) is 1. The molecule has 32 heavy (non-hydrogen) atoms. The molecule has 9 heteroatoms. The van der Waals surface area contributed by atoms with Gasteiger partial charge in [-0.15, -0.1) is 0 Å². The van der Waals surface area contributed by atoms with Crippen molar-refractivity contribution in [1.29, 1.82) is 0 Å². The highest BCUT2D eigenvalue weighted by molar-refractivity contribution is 5.88. The van der Waals surface area contributed by atoms with Crippen LogP contribution in [0.4, 0.5) is 0 Å². The van der Waals surface area contributed by atoms with E-state index >= 15 is 0 Å². The monoisotopic (exact) mass is 441 g/mol. The maximum atomic E-state index is 13.2. The zero-order chi connectivity index (χ0) is 22.0. The number of benzene rings is 2. The van der Waals surface area contributed by atoms with Crippen molar-refractivity contribution < 1.29 is 24.6 Å². The van der Waals surface area contributed by atoms with Crippen LogP contribution in [0.25, 0.3) is 11.1 Å². The molecule has 1 aliphatic heterocycles. The second-order valence-electron chi connectivity index (χ2n) is 7.98. The summed E-state index contributed by atoms with van der Waals surface area (Å²) in [4.78, 5) is 42.6. The van der Waals surface area contributed by atoms with Crippen LogP contribution in [0.3, 0.4) is 0 Å². The molecule has 1 atom stereocenters. The van der Waals surface area contributed by atoms with Crippen LogP contribution in [-0.2, 0) is 11.2 Å². The van der Waals surface area contributed by atoms with Crippen molar-refractivity contribution in [2.75, 3.05) is 26.7 Å². The first-order valence-electron chi connectivity index (χ1n) is 10.3. The Labute approximate surface area is 184 Å². The lowest BCUT2D eigenvalue weighted by Crippen LogP contribution is -2.39. The van der Waals surface area contributed by atoms with Gasteiger partial charge in [0.25, 0.3) is 0 Å². The molecule has 0 radical (unpaired) electrons. The lowest BCUT2D eigenvalue weighted by Gasteiger charge is -2.32. The highest BCUT2D eigenvalue weighted by Gasteiger charge is 2.26. The van der Waals surface area contributed by atoms with Gasteiger partial charge < -0.3 is 24.8 Å². The molecule has 0 saturated carbocycles. The van der Waals surface area contributed by atoms with Gasteiger partial charge in [0.2, 0.25) is 5.91 Å². The summed E-state index contributed by atoms with van der Waals surface area (Å²) in [6, 6.07) is 11.7. The third-order valence-electron chi connectivity index (χ3n) is 5.85. The molecule has 0 spiro atoms. The Morgan fingerprint density at radius 3 is 2.66 bits per heavy atom. The number of nitrogens with one attached hydrogen (secondary N) is 1. The number of hydrogen-bond donors (Lipinski definition) is 2. The van der Waals surface area contributed by atoms with Crippen LogP contribution in [0.15, 0.2) is 51.7 Å². The SMILES string of the molecule is CN(C(=O)Cc1ccc2oc(=O)[nH]c2c1)C(CN1CCCC1)c1cccc(C(=O)O)c1.O. The van der Waals surface area contributed by atoms with Gasteiger partial charge in [-0.1, -0.05) is 18.2 Å². The number of aromatic carboxylic acids is 1. The third-order valence-corrected chi connectivity index (χ3v) is 5.85. The van der Waals surface area contributed by atoms with Gasteiger partial charge in [-0.2, -0.15) is 0 Å². The number of oxazole rings is 1. The van der Waals surface area contributed by atoms with Crippen LogP contribution in [0, 0.1) is 0 Å². The molecule has 4 N–H and O–H groups in total. The molecule has 1 aliphatic rings. The van der Waals surface area contributed by atoms with Crippen molar-refractivity contribution in [2.45, 2.75) is 25.3 Å². The van der Waals surface area contributed by atoms with E-state index < -0.39 is 11.7 Å². The maximum absolute atomic E-state index is 13.2. The van der Waals surface area contributed by atoms with Crippen LogP contribution in [0.2, 0.25) is 0 Å². The predicted octanol–water partition coefficient (Wildman–Crippen LogP) is 1.83. The molecule has 0 bridgehead atoms. The summed E-state index contributed by atoms with van der Waals surface area (Å²) >= 11 is 0. The standard InChI is InChI=1S/C23H25N3O5.H2O/c1-25(21(27)12-15-7-8-20-18(11-15)24-23(30)31-20)19(14-26-9-2-3-10-26)16-5-4-6-17(13-16)22(28)29;/h4-8,11,13,19H,2-3,9-10,12,14H2,1H3,(H,24,30)(H,28,29);1H2. The van der Waals surface area contributed by atoms with Gasteiger partial charge in [-0.3, -0.25) is 9.78 Å². The van der Waals surface area contributed by atoms with Crippen molar-refractivity contribution >= 4 is 23.0 Å². The number of likely N-dealkylation sites (tertiary alicyclic amines) is 1. The zero-order valence-electron chi connectivity index (χ0n) is 17.8. The average molecular weight is 441 g/mol. The Kier molecular flexibility index (Phi) is 7.12. The van der Waals surface area contributed by atoms with Crippen LogP contribution in [-0.4, -0.2) is 63.9 Å². The third kappa shape index (κ3) is 5.06. The van der Waals surface area contributed by atoms with Gasteiger partial charge in [0.15, 0.2) is 5.58 Å². The van der Waals surface area contributed by atoms with E-state index in [1.165, 1.54) is 0 Å². The number of carboxylic acid groups (broad SMARTS) is 1. The Bertz CT molecular complexity index is 1160. The number of aromatic amines is 1. The first-order valence-corrected chi connectivity index (χ1v) is 10.3. The number of nitrogens with zero attached hydrogens (tertiary/aromatic N) is 2. The summed E-state index contributed by atoms with van der Waals surface area (Å²) in [5, 5.41) is 9.38. The van der Waals surface area contributed by atoms with Crippen LogP contribution in [0.1, 0.15) is 40.4 Å².